The number of halogens is 4. The summed E-state index contributed by atoms with van der Waals surface area (Å²) in [7, 11) is 0. The van der Waals surface area contributed by atoms with Crippen LogP contribution in [-0.4, -0.2) is 9.78 Å². The number of aryl methyl sites for hydroxylation is 1. The van der Waals surface area contributed by atoms with E-state index < -0.39 is 12.2 Å². The van der Waals surface area contributed by atoms with Crippen LogP contribution in [0.4, 0.5) is 13.2 Å². The van der Waals surface area contributed by atoms with E-state index in [1.54, 1.807) is 6.92 Å². The first-order valence-electron chi connectivity index (χ1n) is 5.33. The summed E-state index contributed by atoms with van der Waals surface area (Å²) in [5.41, 5.74) is 0.331. The first-order chi connectivity index (χ1) is 8.52. The number of benzene rings is 1. The molecule has 0 bridgehead atoms. The number of rotatable bonds is 3. The summed E-state index contributed by atoms with van der Waals surface area (Å²) >= 11 is 5.64. The zero-order valence-corrected chi connectivity index (χ0v) is 10.3. The highest BCUT2D eigenvalue weighted by atomic mass is 35.5. The average molecular weight is 275 g/mol. The van der Waals surface area contributed by atoms with E-state index in [-0.39, 0.29) is 16.3 Å². The van der Waals surface area contributed by atoms with Gasteiger partial charge in [-0.05, 0) is 25.1 Å². The molecule has 96 valence electrons. The van der Waals surface area contributed by atoms with Crippen LogP contribution in [0.15, 0.2) is 24.4 Å². The van der Waals surface area contributed by atoms with Gasteiger partial charge >= 0.3 is 0 Å². The lowest BCUT2D eigenvalue weighted by Crippen LogP contribution is -1.94. The van der Waals surface area contributed by atoms with Gasteiger partial charge in [-0.25, -0.2) is 13.2 Å². The van der Waals surface area contributed by atoms with Crippen molar-refractivity contribution >= 4 is 11.6 Å². The van der Waals surface area contributed by atoms with Gasteiger partial charge in [0, 0.05) is 18.3 Å². The van der Waals surface area contributed by atoms with Gasteiger partial charge in [0.25, 0.3) is 6.43 Å². The lowest BCUT2D eigenvalue weighted by molar-refractivity contribution is 0.152. The molecule has 2 nitrogen and oxygen atoms in total. The molecule has 0 atom stereocenters. The van der Waals surface area contributed by atoms with Crippen molar-refractivity contribution in [1.82, 2.24) is 9.78 Å². The Morgan fingerprint density at radius 1 is 1.39 bits per heavy atom. The zero-order valence-electron chi connectivity index (χ0n) is 9.50. The number of nitrogens with zero attached hydrogens (tertiary/aromatic N) is 2. The van der Waals surface area contributed by atoms with Crippen molar-refractivity contribution in [3.8, 4) is 11.3 Å². The Bertz CT molecular complexity index is 566. The van der Waals surface area contributed by atoms with Gasteiger partial charge in [-0.2, -0.15) is 5.10 Å². The van der Waals surface area contributed by atoms with Crippen LogP contribution < -0.4 is 0 Å². The van der Waals surface area contributed by atoms with Crippen molar-refractivity contribution in [2.24, 2.45) is 0 Å². The third kappa shape index (κ3) is 2.36. The minimum atomic E-state index is -2.64. The first-order valence-corrected chi connectivity index (χ1v) is 5.71. The third-order valence-electron chi connectivity index (χ3n) is 2.54. The number of hydrogen-bond donors (Lipinski definition) is 0. The average Bonchev–Trinajstić information content (AvgIpc) is 2.77. The highest BCUT2D eigenvalue weighted by Crippen LogP contribution is 2.31. The summed E-state index contributed by atoms with van der Waals surface area (Å²) in [6, 6.07) is 3.82. The minimum Gasteiger partial charge on any atom is -0.272 e. The van der Waals surface area contributed by atoms with E-state index in [4.69, 9.17) is 11.6 Å². The fourth-order valence-electron chi connectivity index (χ4n) is 1.63. The Morgan fingerprint density at radius 2 is 2.11 bits per heavy atom. The molecule has 0 fully saturated rings. The Kier molecular flexibility index (Phi) is 3.61. The molecule has 0 amide bonds. The van der Waals surface area contributed by atoms with Crippen LogP contribution in [-0.2, 0) is 6.54 Å². The monoisotopic (exact) mass is 274 g/mol. The van der Waals surface area contributed by atoms with Crippen LogP contribution in [0.5, 0.6) is 0 Å². The SMILES string of the molecule is CCn1cc(C(F)F)c(-c2ccc(F)c(Cl)c2)n1. The topological polar surface area (TPSA) is 17.8 Å². The molecule has 0 aliphatic rings. The summed E-state index contributed by atoms with van der Waals surface area (Å²) in [6.45, 7) is 2.28. The second kappa shape index (κ2) is 5.02. The molecule has 2 aromatic rings. The molecule has 0 aliphatic carbocycles. The zero-order chi connectivity index (χ0) is 13.3. The maximum atomic E-state index is 13.0. The molecular formula is C12H10ClF3N2. The lowest BCUT2D eigenvalue weighted by atomic mass is 10.1. The molecule has 2 rings (SSSR count). The van der Waals surface area contributed by atoms with Gasteiger partial charge in [0.15, 0.2) is 0 Å². The van der Waals surface area contributed by atoms with Gasteiger partial charge in [0.2, 0.25) is 0 Å². The Labute approximate surface area is 107 Å². The highest BCUT2D eigenvalue weighted by molar-refractivity contribution is 6.31. The fraction of sp³-hybridized carbons (Fsp3) is 0.250. The number of hydrogen-bond acceptors (Lipinski definition) is 1. The summed E-state index contributed by atoms with van der Waals surface area (Å²) in [4.78, 5) is 0. The van der Waals surface area contributed by atoms with Gasteiger partial charge in [-0.1, -0.05) is 11.6 Å². The van der Waals surface area contributed by atoms with E-state index in [0.29, 0.717) is 12.1 Å². The second-order valence-corrected chi connectivity index (χ2v) is 4.13. The van der Waals surface area contributed by atoms with Crippen molar-refractivity contribution in [3.05, 3.63) is 40.8 Å². The van der Waals surface area contributed by atoms with Gasteiger partial charge < -0.3 is 0 Å². The molecule has 6 heteroatoms. The van der Waals surface area contributed by atoms with Crippen LogP contribution in [0, 0.1) is 5.82 Å². The molecule has 0 aliphatic heterocycles. The number of alkyl halides is 2. The summed E-state index contributed by atoms with van der Waals surface area (Å²) in [5.74, 6) is -0.589. The minimum absolute atomic E-state index is 0.112. The van der Waals surface area contributed by atoms with Gasteiger partial charge in [0.1, 0.15) is 11.5 Å². The van der Waals surface area contributed by atoms with E-state index in [1.165, 1.54) is 23.0 Å². The Balaban J connectivity index is 2.54. The predicted octanol–water partition coefficient (Wildman–Crippen LogP) is 4.30. The smallest absolute Gasteiger partial charge is 0.267 e. The first kappa shape index (κ1) is 13.0. The number of aromatic nitrogens is 2. The standard InChI is InChI=1S/C12H10ClF3N2/c1-2-18-6-8(12(15)16)11(17-18)7-3-4-10(14)9(13)5-7/h3-6,12H,2H2,1H3. The van der Waals surface area contributed by atoms with E-state index in [9.17, 15) is 13.2 Å². The van der Waals surface area contributed by atoms with Gasteiger partial charge in [-0.3, -0.25) is 4.68 Å². The normalized spacial score (nSPS) is 11.2. The summed E-state index contributed by atoms with van der Waals surface area (Å²) in [5, 5.41) is 3.93. The van der Waals surface area contributed by atoms with Gasteiger partial charge in [-0.15, -0.1) is 0 Å². The molecule has 0 N–H and O–H groups in total. The molecule has 0 radical (unpaired) electrons. The van der Waals surface area contributed by atoms with Crippen molar-refractivity contribution < 1.29 is 13.2 Å². The second-order valence-electron chi connectivity index (χ2n) is 3.72. The summed E-state index contributed by atoms with van der Waals surface area (Å²) < 4.78 is 40.2. The van der Waals surface area contributed by atoms with Crippen LogP contribution in [0.2, 0.25) is 5.02 Å². The van der Waals surface area contributed by atoms with Crippen LogP contribution in [0.25, 0.3) is 11.3 Å². The largest absolute Gasteiger partial charge is 0.272 e. The Hall–Kier alpha value is -1.49. The molecular weight excluding hydrogens is 265 g/mol. The molecule has 1 aromatic carbocycles. The Morgan fingerprint density at radius 3 is 2.67 bits per heavy atom. The van der Waals surface area contributed by atoms with E-state index >= 15 is 0 Å². The van der Waals surface area contributed by atoms with Crippen molar-refractivity contribution in [2.75, 3.05) is 0 Å². The van der Waals surface area contributed by atoms with Crippen molar-refractivity contribution in [3.63, 3.8) is 0 Å². The molecule has 18 heavy (non-hydrogen) atoms. The van der Waals surface area contributed by atoms with Crippen molar-refractivity contribution in [2.45, 2.75) is 19.9 Å². The molecule has 1 aromatic heterocycles. The fourth-order valence-corrected chi connectivity index (χ4v) is 1.81. The lowest BCUT2D eigenvalue weighted by Gasteiger charge is -2.02. The maximum Gasteiger partial charge on any atom is 0.267 e. The predicted molar refractivity (Wildman–Crippen MR) is 63.3 cm³/mol. The van der Waals surface area contributed by atoms with Gasteiger partial charge in [0.05, 0.1) is 10.6 Å². The molecule has 0 saturated carbocycles. The highest BCUT2D eigenvalue weighted by Gasteiger charge is 2.19. The van der Waals surface area contributed by atoms with E-state index in [0.717, 1.165) is 6.07 Å². The maximum absolute atomic E-state index is 13.0. The van der Waals surface area contributed by atoms with E-state index in [2.05, 4.69) is 5.10 Å². The van der Waals surface area contributed by atoms with Crippen LogP contribution in [0.1, 0.15) is 18.9 Å². The van der Waals surface area contributed by atoms with Crippen molar-refractivity contribution in [1.29, 1.82) is 0 Å². The van der Waals surface area contributed by atoms with Crippen LogP contribution in [0.3, 0.4) is 0 Å². The molecule has 0 saturated heterocycles. The quantitative estimate of drug-likeness (QED) is 0.816. The molecule has 1 heterocycles. The molecule has 0 spiro atoms. The summed E-state index contributed by atoms with van der Waals surface area (Å²) in [6.07, 6.45) is -1.35. The van der Waals surface area contributed by atoms with Crippen LogP contribution >= 0.6 is 11.6 Å². The third-order valence-corrected chi connectivity index (χ3v) is 2.83. The van der Waals surface area contributed by atoms with E-state index in [1.807, 2.05) is 0 Å². The molecule has 0 unspecified atom stereocenters.